The first kappa shape index (κ1) is 19.5. The molecule has 0 radical (unpaired) electrons. The van der Waals surface area contributed by atoms with E-state index in [1.54, 1.807) is 6.92 Å². The second-order valence-electron chi connectivity index (χ2n) is 5.64. The molecule has 0 spiro atoms. The quantitative estimate of drug-likeness (QED) is 0.673. The van der Waals surface area contributed by atoms with Crippen LogP contribution in [0, 0.1) is 5.92 Å². The zero-order valence-corrected chi connectivity index (χ0v) is 14.1. The molecule has 0 bridgehead atoms. The number of nitrogens with one attached hydrogen (secondary N) is 2. The molecular formula is C17H24N2O5. The lowest BCUT2D eigenvalue weighted by molar-refractivity contribution is -0.141. The Morgan fingerprint density at radius 3 is 2.29 bits per heavy atom. The molecule has 3 unspecified atom stereocenters. The van der Waals surface area contributed by atoms with Gasteiger partial charge >= 0.3 is 12.1 Å². The predicted octanol–water partition coefficient (Wildman–Crippen LogP) is 1.92. The van der Waals surface area contributed by atoms with Gasteiger partial charge in [0.05, 0.1) is 0 Å². The number of benzene rings is 1. The summed E-state index contributed by atoms with van der Waals surface area (Å²) >= 11 is 0. The van der Waals surface area contributed by atoms with E-state index in [-0.39, 0.29) is 12.5 Å². The summed E-state index contributed by atoms with van der Waals surface area (Å²) in [6.45, 7) is 5.13. The number of amides is 2. The number of carbonyl (C=O) groups is 3. The zero-order valence-electron chi connectivity index (χ0n) is 14.1. The van der Waals surface area contributed by atoms with Gasteiger partial charge < -0.3 is 20.5 Å². The molecule has 1 aromatic carbocycles. The second-order valence-corrected chi connectivity index (χ2v) is 5.64. The molecule has 3 N–H and O–H groups in total. The highest BCUT2D eigenvalue weighted by molar-refractivity contribution is 5.89. The molecular weight excluding hydrogens is 312 g/mol. The minimum atomic E-state index is -1.14. The molecule has 2 amide bonds. The van der Waals surface area contributed by atoms with Crippen LogP contribution in [0.2, 0.25) is 0 Å². The van der Waals surface area contributed by atoms with E-state index in [2.05, 4.69) is 10.6 Å². The van der Waals surface area contributed by atoms with Gasteiger partial charge in [0, 0.05) is 0 Å². The third kappa shape index (κ3) is 6.28. The molecule has 0 aliphatic carbocycles. The third-order valence-electron chi connectivity index (χ3n) is 3.71. The standard InChI is InChI=1S/C17H24N2O5/c1-4-11(2)14(15(20)18-12(3)16(21)22)19-17(23)24-10-13-8-6-5-7-9-13/h5-9,11-12,14H,4,10H2,1-3H3,(H,18,20)(H,19,23)(H,21,22). The first-order valence-corrected chi connectivity index (χ1v) is 7.85. The largest absolute Gasteiger partial charge is 0.480 e. The van der Waals surface area contributed by atoms with Crippen molar-refractivity contribution >= 4 is 18.0 Å². The van der Waals surface area contributed by atoms with Crippen molar-refractivity contribution in [2.24, 2.45) is 5.92 Å². The summed E-state index contributed by atoms with van der Waals surface area (Å²) in [5.41, 5.74) is 0.830. The van der Waals surface area contributed by atoms with Crippen LogP contribution in [0.5, 0.6) is 0 Å². The number of carboxylic acids is 1. The van der Waals surface area contributed by atoms with Crippen LogP contribution in [0.4, 0.5) is 4.79 Å². The molecule has 0 fully saturated rings. The maximum atomic E-state index is 12.2. The summed E-state index contributed by atoms with van der Waals surface area (Å²) in [7, 11) is 0. The minimum Gasteiger partial charge on any atom is -0.480 e. The van der Waals surface area contributed by atoms with Crippen LogP contribution >= 0.6 is 0 Å². The summed E-state index contributed by atoms with van der Waals surface area (Å²) in [6, 6.07) is 7.27. The fourth-order valence-corrected chi connectivity index (χ4v) is 1.96. The summed E-state index contributed by atoms with van der Waals surface area (Å²) < 4.78 is 5.11. The topological polar surface area (TPSA) is 105 Å². The fraction of sp³-hybridized carbons (Fsp3) is 0.471. The van der Waals surface area contributed by atoms with E-state index in [1.165, 1.54) is 6.92 Å². The Morgan fingerprint density at radius 2 is 1.75 bits per heavy atom. The third-order valence-corrected chi connectivity index (χ3v) is 3.71. The van der Waals surface area contributed by atoms with E-state index in [1.807, 2.05) is 37.3 Å². The molecule has 24 heavy (non-hydrogen) atoms. The number of alkyl carbamates (subject to hydrolysis) is 1. The Morgan fingerprint density at radius 1 is 1.12 bits per heavy atom. The van der Waals surface area contributed by atoms with Crippen molar-refractivity contribution in [3.8, 4) is 0 Å². The summed E-state index contributed by atoms with van der Waals surface area (Å²) in [6.07, 6.45) is -0.0827. The number of aliphatic carboxylic acids is 1. The highest BCUT2D eigenvalue weighted by Gasteiger charge is 2.28. The molecule has 0 aliphatic rings. The van der Waals surface area contributed by atoms with Crippen molar-refractivity contribution in [1.29, 1.82) is 0 Å². The maximum Gasteiger partial charge on any atom is 0.408 e. The molecule has 0 heterocycles. The predicted molar refractivity (Wildman–Crippen MR) is 88.2 cm³/mol. The van der Waals surface area contributed by atoms with Crippen LogP contribution in [0.15, 0.2) is 30.3 Å². The van der Waals surface area contributed by atoms with Crippen molar-refractivity contribution < 1.29 is 24.2 Å². The van der Waals surface area contributed by atoms with Crippen LogP contribution in [-0.2, 0) is 20.9 Å². The molecule has 7 nitrogen and oxygen atoms in total. The Balaban J connectivity index is 2.63. The van der Waals surface area contributed by atoms with Gasteiger partial charge in [0.15, 0.2) is 0 Å². The summed E-state index contributed by atoms with van der Waals surface area (Å²) in [4.78, 5) is 35.0. The van der Waals surface area contributed by atoms with E-state index in [9.17, 15) is 14.4 Å². The monoisotopic (exact) mass is 336 g/mol. The SMILES string of the molecule is CCC(C)C(NC(=O)OCc1ccccc1)C(=O)NC(C)C(=O)O. The Labute approximate surface area is 141 Å². The van der Waals surface area contributed by atoms with E-state index < -0.39 is 30.1 Å². The van der Waals surface area contributed by atoms with E-state index in [4.69, 9.17) is 9.84 Å². The van der Waals surface area contributed by atoms with E-state index in [0.29, 0.717) is 6.42 Å². The van der Waals surface area contributed by atoms with E-state index >= 15 is 0 Å². The van der Waals surface area contributed by atoms with Crippen LogP contribution in [-0.4, -0.2) is 35.2 Å². The molecule has 0 saturated carbocycles. The van der Waals surface area contributed by atoms with Crippen molar-refractivity contribution in [2.45, 2.75) is 45.9 Å². The first-order chi connectivity index (χ1) is 11.3. The van der Waals surface area contributed by atoms with Crippen LogP contribution in [0.1, 0.15) is 32.8 Å². The number of rotatable bonds is 8. The summed E-state index contributed by atoms with van der Waals surface area (Å²) in [5.74, 6) is -1.86. The van der Waals surface area contributed by atoms with Gasteiger partial charge in [-0.15, -0.1) is 0 Å². The molecule has 0 aliphatic heterocycles. The van der Waals surface area contributed by atoms with Crippen LogP contribution in [0.3, 0.4) is 0 Å². The van der Waals surface area contributed by atoms with Gasteiger partial charge in [-0.2, -0.15) is 0 Å². The van der Waals surface area contributed by atoms with Gasteiger partial charge in [0.2, 0.25) is 5.91 Å². The maximum absolute atomic E-state index is 12.2. The van der Waals surface area contributed by atoms with Crippen LogP contribution in [0.25, 0.3) is 0 Å². The lowest BCUT2D eigenvalue weighted by Crippen LogP contribution is -2.53. The lowest BCUT2D eigenvalue weighted by Gasteiger charge is -2.24. The highest BCUT2D eigenvalue weighted by atomic mass is 16.5. The zero-order chi connectivity index (χ0) is 18.1. The van der Waals surface area contributed by atoms with Crippen LogP contribution < -0.4 is 10.6 Å². The highest BCUT2D eigenvalue weighted by Crippen LogP contribution is 2.09. The first-order valence-electron chi connectivity index (χ1n) is 7.85. The Hall–Kier alpha value is -2.57. The van der Waals surface area contributed by atoms with Gasteiger partial charge in [0.1, 0.15) is 18.7 Å². The molecule has 132 valence electrons. The average Bonchev–Trinajstić information content (AvgIpc) is 2.57. The minimum absolute atomic E-state index is 0.0903. The van der Waals surface area contributed by atoms with Gasteiger partial charge in [-0.3, -0.25) is 9.59 Å². The number of carboxylic acid groups (broad SMARTS) is 1. The molecule has 7 heteroatoms. The number of carbonyl (C=O) groups excluding carboxylic acids is 2. The normalized spacial score (nSPS) is 14.1. The molecule has 1 aromatic rings. The average molecular weight is 336 g/mol. The molecule has 3 atom stereocenters. The molecule has 0 aromatic heterocycles. The lowest BCUT2D eigenvalue weighted by atomic mass is 9.98. The Bertz CT molecular complexity index is 561. The van der Waals surface area contributed by atoms with Gasteiger partial charge in [-0.25, -0.2) is 4.79 Å². The van der Waals surface area contributed by atoms with Gasteiger partial charge in [-0.05, 0) is 18.4 Å². The van der Waals surface area contributed by atoms with Crippen molar-refractivity contribution in [2.75, 3.05) is 0 Å². The summed E-state index contributed by atoms with van der Waals surface area (Å²) in [5, 5.41) is 13.8. The molecule has 1 rings (SSSR count). The number of hydrogen-bond acceptors (Lipinski definition) is 4. The molecule has 0 saturated heterocycles. The fourth-order valence-electron chi connectivity index (χ4n) is 1.96. The van der Waals surface area contributed by atoms with E-state index in [0.717, 1.165) is 5.56 Å². The smallest absolute Gasteiger partial charge is 0.408 e. The number of ether oxygens (including phenoxy) is 1. The van der Waals surface area contributed by atoms with Gasteiger partial charge in [0.25, 0.3) is 0 Å². The van der Waals surface area contributed by atoms with Gasteiger partial charge in [-0.1, -0.05) is 50.6 Å². The van der Waals surface area contributed by atoms with Crippen molar-refractivity contribution in [1.82, 2.24) is 10.6 Å². The Kier molecular flexibility index (Phi) is 7.74. The number of hydrogen-bond donors (Lipinski definition) is 3. The second kappa shape index (κ2) is 9.54. The van der Waals surface area contributed by atoms with Crippen molar-refractivity contribution in [3.05, 3.63) is 35.9 Å². The van der Waals surface area contributed by atoms with Crippen molar-refractivity contribution in [3.63, 3.8) is 0 Å².